The molecule has 2 amide bonds. The fourth-order valence-electron chi connectivity index (χ4n) is 2.90. The van der Waals surface area contributed by atoms with Gasteiger partial charge in [-0.2, -0.15) is 0 Å². The molecule has 3 N–H and O–H groups in total. The molecule has 3 rings (SSSR count). The third-order valence-corrected chi connectivity index (χ3v) is 4.15. The summed E-state index contributed by atoms with van der Waals surface area (Å²) < 4.78 is 16.2. The molecule has 0 spiro atoms. The first kappa shape index (κ1) is 19.1. The Hall–Kier alpha value is -3.68. The maximum atomic E-state index is 12.7. The lowest BCUT2D eigenvalue weighted by Crippen LogP contribution is -2.12. The van der Waals surface area contributed by atoms with Gasteiger partial charge in [-0.3, -0.25) is 9.59 Å². The second kappa shape index (κ2) is 7.91. The minimum atomic E-state index is -0.327. The van der Waals surface area contributed by atoms with Crippen molar-refractivity contribution in [2.24, 2.45) is 0 Å². The van der Waals surface area contributed by atoms with E-state index >= 15 is 0 Å². The Morgan fingerprint density at radius 3 is 2.00 bits per heavy atom. The molecule has 0 saturated carbocycles. The van der Waals surface area contributed by atoms with Crippen molar-refractivity contribution in [1.82, 2.24) is 4.98 Å². The second-order valence-electron chi connectivity index (χ2n) is 6.00. The fourth-order valence-corrected chi connectivity index (χ4v) is 2.90. The number of benzene rings is 2. The van der Waals surface area contributed by atoms with Crippen molar-refractivity contribution >= 4 is 34.1 Å². The summed E-state index contributed by atoms with van der Waals surface area (Å²) in [4.78, 5) is 26.8. The van der Waals surface area contributed by atoms with Gasteiger partial charge in [0.25, 0.3) is 5.91 Å². The van der Waals surface area contributed by atoms with Crippen LogP contribution in [-0.4, -0.2) is 38.1 Å². The SMILES string of the molecule is COc1cc(OC)c2cc(C(=O)Nc3ccc(NC(C)=O)cc3)[nH]c2c1OC. The van der Waals surface area contributed by atoms with Crippen molar-refractivity contribution < 1.29 is 23.8 Å². The van der Waals surface area contributed by atoms with Crippen LogP contribution < -0.4 is 24.8 Å². The maximum absolute atomic E-state index is 12.7. The smallest absolute Gasteiger partial charge is 0.272 e. The van der Waals surface area contributed by atoms with E-state index in [2.05, 4.69) is 15.6 Å². The Morgan fingerprint density at radius 2 is 1.46 bits per heavy atom. The largest absolute Gasteiger partial charge is 0.496 e. The van der Waals surface area contributed by atoms with Crippen LogP contribution in [0.4, 0.5) is 11.4 Å². The Morgan fingerprint density at radius 1 is 0.857 bits per heavy atom. The lowest BCUT2D eigenvalue weighted by molar-refractivity contribution is -0.114. The Balaban J connectivity index is 1.90. The lowest BCUT2D eigenvalue weighted by Gasteiger charge is -2.11. The number of aromatic nitrogens is 1. The van der Waals surface area contributed by atoms with Gasteiger partial charge in [0.15, 0.2) is 11.5 Å². The Kier molecular flexibility index (Phi) is 5.39. The van der Waals surface area contributed by atoms with Gasteiger partial charge in [-0.15, -0.1) is 0 Å². The molecule has 2 aromatic carbocycles. The topological polar surface area (TPSA) is 102 Å². The molecule has 1 aromatic heterocycles. The van der Waals surface area contributed by atoms with E-state index in [9.17, 15) is 9.59 Å². The highest BCUT2D eigenvalue weighted by molar-refractivity contribution is 6.08. The number of H-pyrrole nitrogens is 1. The van der Waals surface area contributed by atoms with E-state index in [-0.39, 0.29) is 11.8 Å². The summed E-state index contributed by atoms with van der Waals surface area (Å²) >= 11 is 0. The standard InChI is InChI=1S/C20H21N3O5/c1-11(24)21-12-5-7-13(8-6-12)22-20(25)15-9-14-16(26-2)10-17(27-3)19(28-4)18(14)23-15/h5-10,23H,1-4H3,(H,21,24)(H,22,25). The number of rotatable bonds is 6. The van der Waals surface area contributed by atoms with Gasteiger partial charge in [-0.05, 0) is 30.3 Å². The molecule has 0 atom stereocenters. The van der Waals surface area contributed by atoms with Gasteiger partial charge in [0, 0.05) is 29.8 Å². The summed E-state index contributed by atoms with van der Waals surface area (Å²) in [5, 5.41) is 6.18. The zero-order valence-corrected chi connectivity index (χ0v) is 16.0. The van der Waals surface area contributed by atoms with Crippen molar-refractivity contribution in [2.45, 2.75) is 6.92 Å². The van der Waals surface area contributed by atoms with Crippen LogP contribution in [0, 0.1) is 0 Å². The summed E-state index contributed by atoms with van der Waals surface area (Å²) in [5.41, 5.74) is 2.18. The van der Waals surface area contributed by atoms with E-state index in [1.807, 2.05) is 0 Å². The van der Waals surface area contributed by atoms with Crippen LogP contribution in [0.3, 0.4) is 0 Å². The molecule has 0 unspecified atom stereocenters. The van der Waals surface area contributed by atoms with Crippen molar-refractivity contribution in [3.05, 3.63) is 42.1 Å². The molecule has 0 fully saturated rings. The van der Waals surface area contributed by atoms with Crippen LogP contribution in [0.25, 0.3) is 10.9 Å². The van der Waals surface area contributed by atoms with E-state index in [0.29, 0.717) is 45.2 Å². The van der Waals surface area contributed by atoms with Crippen molar-refractivity contribution in [1.29, 1.82) is 0 Å². The zero-order chi connectivity index (χ0) is 20.3. The molecule has 0 bridgehead atoms. The van der Waals surface area contributed by atoms with Crippen molar-refractivity contribution in [3.63, 3.8) is 0 Å². The van der Waals surface area contributed by atoms with Crippen LogP contribution in [0.2, 0.25) is 0 Å². The van der Waals surface area contributed by atoms with Gasteiger partial charge >= 0.3 is 0 Å². The molecular formula is C20H21N3O5. The van der Waals surface area contributed by atoms with Gasteiger partial charge in [-0.1, -0.05) is 0 Å². The monoisotopic (exact) mass is 383 g/mol. The predicted molar refractivity (Wildman–Crippen MR) is 107 cm³/mol. The fraction of sp³-hybridized carbons (Fsp3) is 0.200. The number of carbonyl (C=O) groups excluding carboxylic acids is 2. The van der Waals surface area contributed by atoms with E-state index in [1.54, 1.807) is 43.5 Å². The van der Waals surface area contributed by atoms with Crippen molar-refractivity contribution in [3.8, 4) is 17.2 Å². The molecule has 0 aliphatic rings. The highest BCUT2D eigenvalue weighted by atomic mass is 16.5. The number of anilines is 2. The number of hydrogen-bond acceptors (Lipinski definition) is 5. The molecule has 3 aromatic rings. The van der Waals surface area contributed by atoms with Crippen LogP contribution in [0.15, 0.2) is 36.4 Å². The highest BCUT2D eigenvalue weighted by Gasteiger charge is 2.19. The Labute approximate surface area is 161 Å². The molecule has 1 heterocycles. The van der Waals surface area contributed by atoms with Gasteiger partial charge in [-0.25, -0.2) is 0 Å². The van der Waals surface area contributed by atoms with E-state index in [1.165, 1.54) is 21.1 Å². The minimum Gasteiger partial charge on any atom is -0.496 e. The van der Waals surface area contributed by atoms with E-state index in [0.717, 1.165) is 0 Å². The summed E-state index contributed by atoms with van der Waals surface area (Å²) in [6.45, 7) is 1.43. The number of fused-ring (bicyclic) bond motifs is 1. The summed E-state index contributed by atoms with van der Waals surface area (Å²) in [5.74, 6) is 1.05. The number of nitrogens with one attached hydrogen (secondary N) is 3. The molecule has 28 heavy (non-hydrogen) atoms. The van der Waals surface area contributed by atoms with Gasteiger partial charge in [0.05, 0.1) is 26.8 Å². The molecule has 0 saturated heterocycles. The van der Waals surface area contributed by atoms with Crippen molar-refractivity contribution in [2.75, 3.05) is 32.0 Å². The molecular weight excluding hydrogens is 362 g/mol. The van der Waals surface area contributed by atoms with Gasteiger partial charge in [0.2, 0.25) is 5.91 Å². The molecule has 0 radical (unpaired) electrons. The summed E-state index contributed by atoms with van der Waals surface area (Å²) in [7, 11) is 4.61. The molecule has 146 valence electrons. The van der Waals surface area contributed by atoms with Crippen LogP contribution in [-0.2, 0) is 4.79 Å². The van der Waals surface area contributed by atoms with Gasteiger partial charge in [0.1, 0.15) is 11.4 Å². The first-order valence-electron chi connectivity index (χ1n) is 8.47. The first-order chi connectivity index (χ1) is 13.5. The highest BCUT2D eigenvalue weighted by Crippen LogP contribution is 2.41. The third kappa shape index (κ3) is 3.71. The zero-order valence-electron chi connectivity index (χ0n) is 16.0. The quantitative estimate of drug-likeness (QED) is 0.605. The molecule has 8 heteroatoms. The average Bonchev–Trinajstić information content (AvgIpc) is 3.13. The number of carbonyl (C=O) groups is 2. The summed E-state index contributed by atoms with van der Waals surface area (Å²) in [6.07, 6.45) is 0. The van der Waals surface area contributed by atoms with Crippen LogP contribution in [0.5, 0.6) is 17.2 Å². The van der Waals surface area contributed by atoms with E-state index in [4.69, 9.17) is 14.2 Å². The number of amides is 2. The Bertz CT molecular complexity index is 1020. The molecule has 8 nitrogen and oxygen atoms in total. The number of ether oxygens (including phenoxy) is 3. The second-order valence-corrected chi connectivity index (χ2v) is 6.00. The van der Waals surface area contributed by atoms with Crippen LogP contribution >= 0.6 is 0 Å². The maximum Gasteiger partial charge on any atom is 0.272 e. The van der Waals surface area contributed by atoms with E-state index < -0.39 is 0 Å². The first-order valence-corrected chi connectivity index (χ1v) is 8.47. The lowest BCUT2D eigenvalue weighted by atomic mass is 10.2. The number of methoxy groups -OCH3 is 3. The minimum absolute atomic E-state index is 0.159. The number of aromatic amines is 1. The van der Waals surface area contributed by atoms with Gasteiger partial charge < -0.3 is 29.8 Å². The number of hydrogen-bond donors (Lipinski definition) is 3. The molecule has 0 aliphatic carbocycles. The normalized spacial score (nSPS) is 10.4. The third-order valence-electron chi connectivity index (χ3n) is 4.15. The predicted octanol–water partition coefficient (Wildman–Crippen LogP) is 3.40. The average molecular weight is 383 g/mol. The van der Waals surface area contributed by atoms with Crippen LogP contribution in [0.1, 0.15) is 17.4 Å². The summed E-state index contributed by atoms with van der Waals surface area (Å²) in [6, 6.07) is 10.2. The molecule has 0 aliphatic heterocycles.